The van der Waals surface area contributed by atoms with E-state index >= 15 is 0 Å². The average Bonchev–Trinajstić information content (AvgIpc) is 2.27. The van der Waals surface area contributed by atoms with E-state index in [9.17, 15) is 0 Å². The highest BCUT2D eigenvalue weighted by atomic mass is 79.9. The van der Waals surface area contributed by atoms with Crippen LogP contribution in [0.2, 0.25) is 5.02 Å². The van der Waals surface area contributed by atoms with Gasteiger partial charge in [-0.3, -0.25) is 0 Å². The number of hydrogen-bond acceptors (Lipinski definition) is 2. The van der Waals surface area contributed by atoms with Crippen LogP contribution in [0.15, 0.2) is 39.4 Å². The van der Waals surface area contributed by atoms with Crippen molar-refractivity contribution in [3.05, 3.63) is 50.0 Å². The van der Waals surface area contributed by atoms with Crippen LogP contribution in [0.3, 0.4) is 0 Å². The zero-order valence-corrected chi connectivity index (χ0v) is 12.9. The largest absolute Gasteiger partial charge is 0.340 e. The molecule has 0 spiro atoms. The zero-order valence-electron chi connectivity index (χ0n) is 8.97. The lowest BCUT2D eigenvalue weighted by Gasteiger charge is -2.09. The summed E-state index contributed by atoms with van der Waals surface area (Å²) in [4.78, 5) is 4.32. The lowest BCUT2D eigenvalue weighted by molar-refractivity contribution is 1.24. The maximum Gasteiger partial charge on any atom is 0.133 e. The molecule has 0 saturated carbocycles. The standard InChI is InChI=1S/C12H9Br2ClN2/c1-7-4-8(13)6-16-12(7)17-9-2-3-11(15)10(14)5-9/h2-6H,1H3,(H,16,17). The van der Waals surface area contributed by atoms with E-state index in [0.29, 0.717) is 5.02 Å². The van der Waals surface area contributed by atoms with Crippen molar-refractivity contribution in [1.82, 2.24) is 4.98 Å². The molecule has 88 valence electrons. The second-order valence-corrected chi connectivity index (χ2v) is 5.75. The summed E-state index contributed by atoms with van der Waals surface area (Å²) in [7, 11) is 0. The molecule has 1 aromatic heterocycles. The maximum atomic E-state index is 5.94. The smallest absolute Gasteiger partial charge is 0.133 e. The van der Waals surface area contributed by atoms with Gasteiger partial charge in [-0.2, -0.15) is 0 Å². The molecule has 0 aliphatic carbocycles. The monoisotopic (exact) mass is 374 g/mol. The first-order valence-electron chi connectivity index (χ1n) is 4.90. The molecule has 2 rings (SSSR count). The van der Waals surface area contributed by atoms with Gasteiger partial charge in [-0.15, -0.1) is 0 Å². The van der Waals surface area contributed by atoms with Crippen LogP contribution in [-0.4, -0.2) is 4.98 Å². The number of aryl methyl sites for hydroxylation is 1. The fraction of sp³-hybridized carbons (Fsp3) is 0.0833. The quantitative estimate of drug-likeness (QED) is 0.768. The van der Waals surface area contributed by atoms with Gasteiger partial charge in [0, 0.05) is 20.8 Å². The second kappa shape index (κ2) is 5.38. The normalized spacial score (nSPS) is 10.4. The van der Waals surface area contributed by atoms with E-state index in [0.717, 1.165) is 26.0 Å². The number of nitrogens with zero attached hydrogens (tertiary/aromatic N) is 1. The molecule has 0 aliphatic rings. The van der Waals surface area contributed by atoms with Crippen molar-refractivity contribution in [2.24, 2.45) is 0 Å². The molecule has 0 amide bonds. The molecule has 0 fully saturated rings. The first-order valence-corrected chi connectivity index (χ1v) is 6.87. The molecule has 1 heterocycles. The van der Waals surface area contributed by atoms with E-state index in [-0.39, 0.29) is 0 Å². The number of nitrogens with one attached hydrogen (secondary N) is 1. The van der Waals surface area contributed by atoms with Gasteiger partial charge in [-0.1, -0.05) is 11.6 Å². The topological polar surface area (TPSA) is 24.9 Å². The van der Waals surface area contributed by atoms with Crippen LogP contribution >= 0.6 is 43.5 Å². The number of halogens is 3. The van der Waals surface area contributed by atoms with E-state index < -0.39 is 0 Å². The van der Waals surface area contributed by atoms with Gasteiger partial charge in [0.25, 0.3) is 0 Å². The number of benzene rings is 1. The minimum Gasteiger partial charge on any atom is -0.340 e. The van der Waals surface area contributed by atoms with Gasteiger partial charge in [0.05, 0.1) is 5.02 Å². The van der Waals surface area contributed by atoms with E-state index in [1.54, 1.807) is 6.20 Å². The highest BCUT2D eigenvalue weighted by Gasteiger charge is 2.03. The lowest BCUT2D eigenvalue weighted by Crippen LogP contribution is -1.96. The third kappa shape index (κ3) is 3.21. The van der Waals surface area contributed by atoms with Gasteiger partial charge < -0.3 is 5.32 Å². The van der Waals surface area contributed by atoms with Crippen LogP contribution < -0.4 is 5.32 Å². The Balaban J connectivity index is 2.28. The molecule has 17 heavy (non-hydrogen) atoms. The minimum atomic E-state index is 0.691. The molecule has 0 saturated heterocycles. The molecular weight excluding hydrogens is 367 g/mol. The second-order valence-electron chi connectivity index (χ2n) is 3.57. The van der Waals surface area contributed by atoms with E-state index in [4.69, 9.17) is 11.6 Å². The molecule has 5 heteroatoms. The third-order valence-electron chi connectivity index (χ3n) is 2.23. The van der Waals surface area contributed by atoms with Crippen LogP contribution in [0.5, 0.6) is 0 Å². The SMILES string of the molecule is Cc1cc(Br)cnc1Nc1ccc(Cl)c(Br)c1. The molecule has 2 nitrogen and oxygen atoms in total. The van der Waals surface area contributed by atoms with Crippen LogP contribution in [0.1, 0.15) is 5.56 Å². The van der Waals surface area contributed by atoms with Gasteiger partial charge in [-0.25, -0.2) is 4.98 Å². The average molecular weight is 376 g/mol. The summed E-state index contributed by atoms with van der Waals surface area (Å²) < 4.78 is 1.83. The van der Waals surface area contributed by atoms with Crippen molar-refractivity contribution >= 4 is 55.0 Å². The predicted octanol–water partition coefficient (Wildman–Crippen LogP) is 5.31. The Labute approximate surface area is 122 Å². The molecule has 0 bridgehead atoms. The number of rotatable bonds is 2. The van der Waals surface area contributed by atoms with Crippen LogP contribution in [-0.2, 0) is 0 Å². The van der Waals surface area contributed by atoms with Crippen LogP contribution in [0, 0.1) is 6.92 Å². The Bertz CT molecular complexity index is 558. The first-order chi connectivity index (χ1) is 8.06. The van der Waals surface area contributed by atoms with Gasteiger partial charge in [0.15, 0.2) is 0 Å². The highest BCUT2D eigenvalue weighted by Crippen LogP contribution is 2.28. The zero-order chi connectivity index (χ0) is 12.4. The summed E-state index contributed by atoms with van der Waals surface area (Å²) >= 11 is 12.7. The fourth-order valence-corrected chi connectivity index (χ4v) is 2.32. The number of aromatic nitrogens is 1. The van der Waals surface area contributed by atoms with Crippen molar-refractivity contribution in [1.29, 1.82) is 0 Å². The summed E-state index contributed by atoms with van der Waals surface area (Å²) in [6.45, 7) is 2.01. The summed E-state index contributed by atoms with van der Waals surface area (Å²) in [5.74, 6) is 0.836. The molecule has 0 aliphatic heterocycles. The Morgan fingerprint density at radius 2 is 2.00 bits per heavy atom. The summed E-state index contributed by atoms with van der Waals surface area (Å²) in [5, 5.41) is 3.94. The van der Waals surface area contributed by atoms with Crippen LogP contribution in [0.25, 0.3) is 0 Å². The van der Waals surface area contributed by atoms with Crippen molar-refractivity contribution in [3.8, 4) is 0 Å². The van der Waals surface area contributed by atoms with Crippen molar-refractivity contribution in [2.75, 3.05) is 5.32 Å². The minimum absolute atomic E-state index is 0.691. The van der Waals surface area contributed by atoms with Gasteiger partial charge in [0.2, 0.25) is 0 Å². The van der Waals surface area contributed by atoms with Crippen molar-refractivity contribution < 1.29 is 0 Å². The Morgan fingerprint density at radius 1 is 1.24 bits per heavy atom. The molecule has 2 aromatic rings. The van der Waals surface area contributed by atoms with Gasteiger partial charge in [-0.05, 0) is 68.6 Å². The van der Waals surface area contributed by atoms with Gasteiger partial charge in [0.1, 0.15) is 5.82 Å². The van der Waals surface area contributed by atoms with Crippen LogP contribution in [0.4, 0.5) is 11.5 Å². The number of hydrogen-bond donors (Lipinski definition) is 1. The first kappa shape index (κ1) is 12.9. The molecule has 1 aromatic carbocycles. The summed E-state index contributed by atoms with van der Waals surface area (Å²) in [6, 6.07) is 7.68. The third-order valence-corrected chi connectivity index (χ3v) is 3.87. The highest BCUT2D eigenvalue weighted by molar-refractivity contribution is 9.10. The lowest BCUT2D eigenvalue weighted by atomic mass is 10.2. The molecule has 0 atom stereocenters. The van der Waals surface area contributed by atoms with Gasteiger partial charge >= 0.3 is 0 Å². The molecular formula is C12H9Br2ClN2. The Hall–Kier alpha value is -0.580. The maximum absolute atomic E-state index is 5.94. The Kier molecular flexibility index (Phi) is 4.07. The molecule has 0 unspecified atom stereocenters. The summed E-state index contributed by atoms with van der Waals surface area (Å²) in [6.07, 6.45) is 1.76. The van der Waals surface area contributed by atoms with Crippen molar-refractivity contribution in [3.63, 3.8) is 0 Å². The molecule has 0 radical (unpaired) electrons. The number of pyridine rings is 1. The fourth-order valence-electron chi connectivity index (χ4n) is 1.38. The van der Waals surface area contributed by atoms with E-state index in [1.165, 1.54) is 0 Å². The van der Waals surface area contributed by atoms with E-state index in [2.05, 4.69) is 42.2 Å². The summed E-state index contributed by atoms with van der Waals surface area (Å²) in [5.41, 5.74) is 2.02. The number of anilines is 2. The Morgan fingerprint density at radius 3 is 2.65 bits per heavy atom. The van der Waals surface area contributed by atoms with Crippen molar-refractivity contribution in [2.45, 2.75) is 6.92 Å². The molecule has 1 N–H and O–H groups in total. The van der Waals surface area contributed by atoms with E-state index in [1.807, 2.05) is 31.2 Å². The predicted molar refractivity (Wildman–Crippen MR) is 79.1 cm³/mol.